The van der Waals surface area contributed by atoms with Crippen molar-refractivity contribution in [3.05, 3.63) is 0 Å². The van der Waals surface area contributed by atoms with Gasteiger partial charge in [0.05, 0.1) is 0 Å². The van der Waals surface area contributed by atoms with Crippen molar-refractivity contribution in [2.45, 2.75) is 66.8 Å². The molecule has 1 aliphatic rings. The van der Waals surface area contributed by atoms with Gasteiger partial charge in [-0.3, -0.25) is 0 Å². The van der Waals surface area contributed by atoms with Crippen LogP contribution >= 0.6 is 0 Å². The first-order chi connectivity index (χ1) is 6.64. The highest BCUT2D eigenvalue weighted by atomic mass is 14.6. The highest BCUT2D eigenvalue weighted by Gasteiger charge is 2.43. The molecule has 1 heteroatoms. The molecule has 1 aliphatic carbocycles. The van der Waals surface area contributed by atoms with Crippen molar-refractivity contribution in [3.63, 3.8) is 0 Å². The normalized spacial score (nSPS) is 36.2. The third kappa shape index (κ3) is 3.21. The van der Waals surface area contributed by atoms with Crippen LogP contribution in [0.5, 0.6) is 0 Å². The number of hydrogen-bond acceptors (Lipinski definition) is 1. The third-order valence-electron chi connectivity index (χ3n) is 4.36. The van der Waals surface area contributed by atoms with Crippen LogP contribution in [0, 0.1) is 22.7 Å². The fraction of sp³-hybridized carbons (Fsp3) is 1.00. The lowest BCUT2D eigenvalue weighted by Gasteiger charge is -2.50. The van der Waals surface area contributed by atoms with Crippen LogP contribution in [0.3, 0.4) is 0 Å². The smallest absolute Gasteiger partial charge is 0.00132 e. The van der Waals surface area contributed by atoms with Crippen molar-refractivity contribution in [1.29, 1.82) is 0 Å². The summed E-state index contributed by atoms with van der Waals surface area (Å²) in [5, 5.41) is 0. The summed E-state index contributed by atoms with van der Waals surface area (Å²) in [6, 6.07) is 0.349. The van der Waals surface area contributed by atoms with Gasteiger partial charge in [0.2, 0.25) is 0 Å². The van der Waals surface area contributed by atoms with E-state index in [4.69, 9.17) is 5.73 Å². The van der Waals surface area contributed by atoms with Gasteiger partial charge in [-0.1, -0.05) is 34.6 Å². The minimum absolute atomic E-state index is 0.349. The molecule has 1 nitrogen and oxygen atoms in total. The molecule has 0 bridgehead atoms. The molecule has 1 rings (SSSR count). The molecule has 2 N–H and O–H groups in total. The number of rotatable bonds is 2. The molecule has 90 valence electrons. The summed E-state index contributed by atoms with van der Waals surface area (Å²) in [5.74, 6) is 1.61. The molecule has 0 spiro atoms. The average molecular weight is 211 g/mol. The molecular weight excluding hydrogens is 182 g/mol. The van der Waals surface area contributed by atoms with Crippen LogP contribution in [-0.2, 0) is 0 Å². The first kappa shape index (κ1) is 13.0. The maximum absolute atomic E-state index is 5.96. The Morgan fingerprint density at radius 1 is 1.27 bits per heavy atom. The van der Waals surface area contributed by atoms with Gasteiger partial charge in [-0.2, -0.15) is 0 Å². The third-order valence-corrected chi connectivity index (χ3v) is 4.36. The molecule has 0 aliphatic heterocycles. The van der Waals surface area contributed by atoms with Gasteiger partial charge in [-0.05, 0) is 48.9 Å². The molecule has 0 aromatic heterocycles. The Morgan fingerprint density at radius 3 is 2.27 bits per heavy atom. The van der Waals surface area contributed by atoms with E-state index in [-0.39, 0.29) is 0 Å². The van der Waals surface area contributed by atoms with E-state index in [1.54, 1.807) is 0 Å². The maximum Gasteiger partial charge on any atom is 0.00132 e. The molecule has 3 unspecified atom stereocenters. The van der Waals surface area contributed by atoms with Gasteiger partial charge < -0.3 is 5.73 Å². The molecule has 0 amide bonds. The van der Waals surface area contributed by atoms with E-state index in [2.05, 4.69) is 41.5 Å². The molecule has 1 fully saturated rings. The van der Waals surface area contributed by atoms with Gasteiger partial charge >= 0.3 is 0 Å². The van der Waals surface area contributed by atoms with Crippen molar-refractivity contribution in [2.75, 3.05) is 0 Å². The molecule has 0 aromatic rings. The fourth-order valence-electron chi connectivity index (χ4n) is 3.76. The van der Waals surface area contributed by atoms with Crippen LogP contribution in [-0.4, -0.2) is 6.04 Å². The minimum atomic E-state index is 0.349. The lowest BCUT2D eigenvalue weighted by Crippen LogP contribution is -2.42. The number of hydrogen-bond donors (Lipinski definition) is 1. The first-order valence-electron chi connectivity index (χ1n) is 6.40. The Bertz CT molecular complexity index is 215. The molecule has 0 radical (unpaired) electrons. The largest absolute Gasteiger partial charge is 0.328 e. The molecule has 3 atom stereocenters. The standard InChI is InChI=1S/C14H29N/c1-10(15)7-12-8-13(3,4)9-14(5,6)11(12)2/h10-12H,7-9,15H2,1-6H3. The monoisotopic (exact) mass is 211 g/mol. The van der Waals surface area contributed by atoms with Gasteiger partial charge in [0, 0.05) is 6.04 Å². The van der Waals surface area contributed by atoms with Crippen molar-refractivity contribution < 1.29 is 0 Å². The second kappa shape index (κ2) is 4.08. The Balaban J connectivity index is 2.78. The molecular formula is C14H29N. The van der Waals surface area contributed by atoms with E-state index < -0.39 is 0 Å². The van der Waals surface area contributed by atoms with Crippen molar-refractivity contribution in [2.24, 2.45) is 28.4 Å². The van der Waals surface area contributed by atoms with Crippen LogP contribution in [0.4, 0.5) is 0 Å². The van der Waals surface area contributed by atoms with E-state index in [9.17, 15) is 0 Å². The van der Waals surface area contributed by atoms with Crippen molar-refractivity contribution >= 4 is 0 Å². The molecule has 0 heterocycles. The van der Waals surface area contributed by atoms with Crippen LogP contribution in [0.2, 0.25) is 0 Å². The summed E-state index contributed by atoms with van der Waals surface area (Å²) in [6.07, 6.45) is 3.88. The summed E-state index contributed by atoms with van der Waals surface area (Å²) in [7, 11) is 0. The summed E-state index contributed by atoms with van der Waals surface area (Å²) < 4.78 is 0. The molecule has 15 heavy (non-hydrogen) atoms. The van der Waals surface area contributed by atoms with Gasteiger partial charge in [0.15, 0.2) is 0 Å². The zero-order valence-electron chi connectivity index (χ0n) is 11.4. The highest BCUT2D eigenvalue weighted by Crippen LogP contribution is 2.52. The highest BCUT2D eigenvalue weighted by molar-refractivity contribution is 4.93. The Hall–Kier alpha value is -0.0400. The van der Waals surface area contributed by atoms with Crippen LogP contribution in [0.1, 0.15) is 60.8 Å². The predicted molar refractivity (Wildman–Crippen MR) is 67.7 cm³/mol. The molecule has 0 saturated heterocycles. The summed E-state index contributed by atoms with van der Waals surface area (Å²) in [6.45, 7) is 14.2. The minimum Gasteiger partial charge on any atom is -0.328 e. The van der Waals surface area contributed by atoms with Crippen molar-refractivity contribution in [3.8, 4) is 0 Å². The van der Waals surface area contributed by atoms with E-state index >= 15 is 0 Å². The summed E-state index contributed by atoms with van der Waals surface area (Å²) in [5.41, 5.74) is 6.93. The van der Waals surface area contributed by atoms with E-state index in [1.807, 2.05) is 0 Å². The number of nitrogens with two attached hydrogens (primary N) is 1. The summed E-state index contributed by atoms with van der Waals surface area (Å²) >= 11 is 0. The average Bonchev–Trinajstić information content (AvgIpc) is 1.95. The Kier molecular flexibility index (Phi) is 3.55. The lowest BCUT2D eigenvalue weighted by atomic mass is 9.55. The van der Waals surface area contributed by atoms with Gasteiger partial charge in [-0.25, -0.2) is 0 Å². The predicted octanol–water partition coefficient (Wildman–Crippen LogP) is 3.82. The summed E-state index contributed by atoms with van der Waals surface area (Å²) in [4.78, 5) is 0. The van der Waals surface area contributed by atoms with E-state index in [0.29, 0.717) is 16.9 Å². The van der Waals surface area contributed by atoms with Gasteiger partial charge in [0.1, 0.15) is 0 Å². The zero-order valence-corrected chi connectivity index (χ0v) is 11.4. The lowest BCUT2D eigenvalue weighted by molar-refractivity contribution is 0.00148. The van der Waals surface area contributed by atoms with E-state index in [0.717, 1.165) is 11.8 Å². The first-order valence-corrected chi connectivity index (χ1v) is 6.40. The maximum atomic E-state index is 5.96. The van der Waals surface area contributed by atoms with Crippen LogP contribution in [0.15, 0.2) is 0 Å². The van der Waals surface area contributed by atoms with Crippen molar-refractivity contribution in [1.82, 2.24) is 0 Å². The second-order valence-electron chi connectivity index (χ2n) is 7.30. The van der Waals surface area contributed by atoms with Gasteiger partial charge in [0.25, 0.3) is 0 Å². The van der Waals surface area contributed by atoms with E-state index in [1.165, 1.54) is 19.3 Å². The van der Waals surface area contributed by atoms with Crippen LogP contribution < -0.4 is 5.73 Å². The zero-order chi connectivity index (χ0) is 11.9. The molecule has 1 saturated carbocycles. The second-order valence-corrected chi connectivity index (χ2v) is 7.30. The fourth-order valence-corrected chi connectivity index (χ4v) is 3.76. The topological polar surface area (TPSA) is 26.0 Å². The quantitative estimate of drug-likeness (QED) is 0.738. The molecule has 0 aromatic carbocycles. The SMILES string of the molecule is CC(N)CC1CC(C)(C)CC(C)(C)C1C. The Morgan fingerprint density at radius 2 is 1.80 bits per heavy atom. The Labute approximate surface area is 95.8 Å². The van der Waals surface area contributed by atoms with Crippen LogP contribution in [0.25, 0.3) is 0 Å². The van der Waals surface area contributed by atoms with Gasteiger partial charge in [-0.15, -0.1) is 0 Å².